The van der Waals surface area contributed by atoms with E-state index in [2.05, 4.69) is 0 Å². The molecule has 1 atom stereocenters. The molecule has 3 aromatic rings. The Labute approximate surface area is 205 Å². The quantitative estimate of drug-likeness (QED) is 0.472. The number of halogens is 1. The van der Waals surface area contributed by atoms with Gasteiger partial charge in [-0.1, -0.05) is 41.9 Å². The van der Waals surface area contributed by atoms with Crippen molar-refractivity contribution in [3.8, 4) is 5.75 Å². The zero-order valence-electron chi connectivity index (χ0n) is 19.6. The number of anilines is 2. The van der Waals surface area contributed by atoms with Gasteiger partial charge in [-0.3, -0.25) is 9.10 Å². The lowest BCUT2D eigenvalue weighted by Crippen LogP contribution is -2.45. The highest BCUT2D eigenvalue weighted by atomic mass is 35.5. The van der Waals surface area contributed by atoms with Crippen molar-refractivity contribution in [3.63, 3.8) is 0 Å². The lowest BCUT2D eigenvalue weighted by Gasteiger charge is -2.29. The van der Waals surface area contributed by atoms with Crippen LogP contribution in [0.4, 0.5) is 11.4 Å². The van der Waals surface area contributed by atoms with E-state index in [9.17, 15) is 13.2 Å². The first-order chi connectivity index (χ1) is 16.1. The summed E-state index contributed by atoms with van der Waals surface area (Å²) in [5.41, 5.74) is 3.76. The first-order valence-electron chi connectivity index (χ1n) is 11.0. The molecule has 0 aliphatic carbocycles. The molecule has 0 N–H and O–H groups in total. The van der Waals surface area contributed by atoms with Crippen molar-refractivity contribution >= 4 is 38.9 Å². The molecular formula is C26H27ClN2O4S. The smallest absolute Gasteiger partial charge is 0.268 e. The molecule has 8 heteroatoms. The summed E-state index contributed by atoms with van der Waals surface area (Å²) >= 11 is 6.35. The van der Waals surface area contributed by atoms with Crippen molar-refractivity contribution in [1.29, 1.82) is 0 Å². The van der Waals surface area contributed by atoms with Gasteiger partial charge in [0, 0.05) is 16.8 Å². The summed E-state index contributed by atoms with van der Waals surface area (Å²) in [6.07, 6.45) is 0.719. The molecule has 1 amide bonds. The van der Waals surface area contributed by atoms with Crippen LogP contribution in [0.5, 0.6) is 5.75 Å². The van der Waals surface area contributed by atoms with E-state index in [4.69, 9.17) is 16.3 Å². The van der Waals surface area contributed by atoms with Gasteiger partial charge in [0.15, 0.2) is 0 Å². The SMILES string of the molecule is COc1ccc(C)cc1S(=O)(=O)N(CC(=O)N1c2ccccc2C[C@H]1C)c1ccc(C)c(Cl)c1. The molecule has 1 aliphatic rings. The molecule has 3 aromatic carbocycles. The van der Waals surface area contributed by atoms with Crippen molar-refractivity contribution in [2.45, 2.75) is 38.1 Å². The van der Waals surface area contributed by atoms with Gasteiger partial charge in [0.1, 0.15) is 17.2 Å². The van der Waals surface area contributed by atoms with Crippen molar-refractivity contribution < 1.29 is 17.9 Å². The minimum absolute atomic E-state index is 0.00521. The first kappa shape index (κ1) is 24.1. The second-order valence-electron chi connectivity index (χ2n) is 8.55. The molecule has 6 nitrogen and oxygen atoms in total. The van der Waals surface area contributed by atoms with Crippen LogP contribution in [0, 0.1) is 13.8 Å². The van der Waals surface area contributed by atoms with Gasteiger partial charge >= 0.3 is 0 Å². The Hall–Kier alpha value is -3.03. The minimum Gasteiger partial charge on any atom is -0.495 e. The Morgan fingerprint density at radius 3 is 2.56 bits per heavy atom. The van der Waals surface area contributed by atoms with E-state index in [1.165, 1.54) is 7.11 Å². The third-order valence-electron chi connectivity index (χ3n) is 6.09. The van der Waals surface area contributed by atoms with Gasteiger partial charge in [-0.05, 0) is 74.2 Å². The summed E-state index contributed by atoms with van der Waals surface area (Å²) in [6, 6.07) is 17.5. The molecule has 0 bridgehead atoms. The molecule has 0 fully saturated rings. The van der Waals surface area contributed by atoms with Crippen LogP contribution in [-0.4, -0.2) is 34.0 Å². The summed E-state index contributed by atoms with van der Waals surface area (Å²) in [5.74, 6) is -0.106. The normalized spacial score (nSPS) is 15.2. The molecule has 0 radical (unpaired) electrons. The molecule has 0 unspecified atom stereocenters. The Morgan fingerprint density at radius 2 is 1.85 bits per heavy atom. The topological polar surface area (TPSA) is 66.9 Å². The summed E-state index contributed by atoms with van der Waals surface area (Å²) < 4.78 is 34.4. The van der Waals surface area contributed by atoms with Crippen LogP contribution >= 0.6 is 11.6 Å². The van der Waals surface area contributed by atoms with Crippen LogP contribution in [-0.2, 0) is 21.2 Å². The van der Waals surface area contributed by atoms with Gasteiger partial charge in [-0.2, -0.15) is 0 Å². The number of ether oxygens (including phenoxy) is 1. The molecule has 0 aromatic heterocycles. The Bertz CT molecular complexity index is 1360. The first-order valence-corrected chi connectivity index (χ1v) is 12.8. The molecule has 1 aliphatic heterocycles. The van der Waals surface area contributed by atoms with Crippen molar-refractivity contribution in [2.24, 2.45) is 0 Å². The predicted octanol–water partition coefficient (Wildman–Crippen LogP) is 5.14. The molecule has 4 rings (SSSR count). The zero-order chi connectivity index (χ0) is 24.6. The number of carbonyl (C=O) groups is 1. The van der Waals surface area contributed by atoms with E-state index in [0.29, 0.717) is 10.7 Å². The maximum atomic E-state index is 14.0. The van der Waals surface area contributed by atoms with Crippen LogP contribution in [0.25, 0.3) is 0 Å². The second-order valence-corrected chi connectivity index (χ2v) is 10.8. The van der Waals surface area contributed by atoms with Gasteiger partial charge in [0.2, 0.25) is 5.91 Å². The number of fused-ring (bicyclic) bond motifs is 1. The van der Waals surface area contributed by atoms with Crippen molar-refractivity contribution in [1.82, 2.24) is 0 Å². The molecule has 1 heterocycles. The van der Waals surface area contributed by atoms with E-state index in [1.54, 1.807) is 48.2 Å². The molecule has 0 saturated carbocycles. The number of methoxy groups -OCH3 is 1. The summed E-state index contributed by atoms with van der Waals surface area (Å²) in [7, 11) is -2.74. The highest BCUT2D eigenvalue weighted by molar-refractivity contribution is 7.93. The van der Waals surface area contributed by atoms with Crippen molar-refractivity contribution in [3.05, 3.63) is 82.4 Å². The molecule has 34 heavy (non-hydrogen) atoms. The molecule has 0 saturated heterocycles. The number of aryl methyl sites for hydroxylation is 2. The van der Waals surface area contributed by atoms with E-state index < -0.39 is 10.0 Å². The van der Waals surface area contributed by atoms with Gasteiger partial charge in [0.25, 0.3) is 10.0 Å². The number of carbonyl (C=O) groups excluding carboxylic acids is 1. The number of para-hydroxylation sites is 1. The fraction of sp³-hybridized carbons (Fsp3) is 0.269. The predicted molar refractivity (Wildman–Crippen MR) is 136 cm³/mol. The number of hydrogen-bond acceptors (Lipinski definition) is 4. The fourth-order valence-corrected chi connectivity index (χ4v) is 6.12. The third-order valence-corrected chi connectivity index (χ3v) is 8.29. The molecule has 0 spiro atoms. The van der Waals surface area contributed by atoms with Gasteiger partial charge in [-0.15, -0.1) is 0 Å². The minimum atomic E-state index is -4.17. The van der Waals surface area contributed by atoms with E-state index in [-0.39, 0.29) is 29.1 Å². The lowest BCUT2D eigenvalue weighted by molar-refractivity contribution is -0.117. The van der Waals surface area contributed by atoms with Crippen LogP contribution < -0.4 is 13.9 Å². The lowest BCUT2D eigenvalue weighted by atomic mass is 10.1. The highest BCUT2D eigenvalue weighted by Crippen LogP contribution is 2.35. The number of rotatable bonds is 6. The van der Waals surface area contributed by atoms with Gasteiger partial charge in [-0.25, -0.2) is 8.42 Å². The number of sulfonamides is 1. The largest absolute Gasteiger partial charge is 0.495 e. The Morgan fingerprint density at radius 1 is 1.12 bits per heavy atom. The maximum Gasteiger partial charge on any atom is 0.268 e. The summed E-state index contributed by atoms with van der Waals surface area (Å²) in [5, 5.41) is 0.418. The van der Waals surface area contributed by atoms with Crippen LogP contribution in [0.15, 0.2) is 65.6 Å². The fourth-order valence-electron chi connectivity index (χ4n) is 4.30. The monoisotopic (exact) mass is 498 g/mol. The van der Waals surface area contributed by atoms with Gasteiger partial charge < -0.3 is 9.64 Å². The van der Waals surface area contributed by atoms with Gasteiger partial charge in [0.05, 0.1) is 12.8 Å². The summed E-state index contributed by atoms with van der Waals surface area (Å²) in [6.45, 7) is 5.22. The number of benzene rings is 3. The van der Waals surface area contributed by atoms with E-state index >= 15 is 0 Å². The Kier molecular flexibility index (Phi) is 6.60. The standard InChI is InChI=1S/C26H27ClN2O4S/c1-17-9-12-24(33-4)25(13-17)34(31,32)28(21-11-10-18(2)22(27)15-21)16-26(30)29-19(3)14-20-7-5-6-8-23(20)29/h5-13,15,19H,14,16H2,1-4H3/t19-/m1/s1. The number of nitrogens with zero attached hydrogens (tertiary/aromatic N) is 2. The van der Waals surface area contributed by atoms with Crippen LogP contribution in [0.3, 0.4) is 0 Å². The second kappa shape index (κ2) is 9.31. The number of amides is 1. The molecule has 178 valence electrons. The van der Waals surface area contributed by atoms with E-state index in [1.807, 2.05) is 38.1 Å². The van der Waals surface area contributed by atoms with Crippen molar-refractivity contribution in [2.75, 3.05) is 22.9 Å². The zero-order valence-corrected chi connectivity index (χ0v) is 21.2. The maximum absolute atomic E-state index is 14.0. The average Bonchev–Trinajstić information content (AvgIpc) is 3.14. The molecular weight excluding hydrogens is 472 g/mol. The third kappa shape index (κ3) is 4.38. The summed E-state index contributed by atoms with van der Waals surface area (Å²) in [4.78, 5) is 15.3. The van der Waals surface area contributed by atoms with E-state index in [0.717, 1.165) is 33.1 Å². The average molecular weight is 499 g/mol. The van der Waals surface area contributed by atoms with Crippen LogP contribution in [0.2, 0.25) is 5.02 Å². The Balaban J connectivity index is 1.81. The highest BCUT2D eigenvalue weighted by Gasteiger charge is 2.36. The number of hydrogen-bond donors (Lipinski definition) is 0. The van der Waals surface area contributed by atoms with Crippen LogP contribution in [0.1, 0.15) is 23.6 Å².